The minimum absolute atomic E-state index is 0.0929. The topological polar surface area (TPSA) is 41.5 Å². The molecule has 3 nitrogen and oxygen atoms in total. The number of hydrogen-bond acceptors (Lipinski definition) is 3. The van der Waals surface area contributed by atoms with Crippen LogP contribution in [0.1, 0.15) is 25.5 Å². The van der Waals surface area contributed by atoms with Gasteiger partial charge in [-0.1, -0.05) is 44.2 Å². The van der Waals surface area contributed by atoms with Crippen LogP contribution in [0.15, 0.2) is 30.3 Å². The van der Waals surface area contributed by atoms with Crippen molar-refractivity contribution in [1.82, 2.24) is 5.32 Å². The highest BCUT2D eigenvalue weighted by Crippen LogP contribution is 2.15. The Kier molecular flexibility index (Phi) is 6.19. The molecule has 1 aromatic rings. The molecule has 0 aliphatic carbocycles. The largest absolute Gasteiger partial charge is 0.395 e. The molecule has 96 valence electrons. The summed E-state index contributed by atoms with van der Waals surface area (Å²) in [5, 5.41) is 12.8. The van der Waals surface area contributed by atoms with Gasteiger partial charge in [0.1, 0.15) is 0 Å². The van der Waals surface area contributed by atoms with Gasteiger partial charge in [0.25, 0.3) is 0 Å². The van der Waals surface area contributed by atoms with Crippen LogP contribution >= 0.6 is 0 Å². The van der Waals surface area contributed by atoms with Crippen LogP contribution in [0.2, 0.25) is 0 Å². The molecule has 0 fully saturated rings. The molecule has 0 aliphatic rings. The smallest absolute Gasteiger partial charge is 0.0657 e. The van der Waals surface area contributed by atoms with E-state index in [0.29, 0.717) is 12.5 Å². The van der Waals surface area contributed by atoms with Gasteiger partial charge in [-0.25, -0.2) is 0 Å². The van der Waals surface area contributed by atoms with Crippen molar-refractivity contribution in [2.75, 3.05) is 20.3 Å². The molecule has 0 saturated carbocycles. The van der Waals surface area contributed by atoms with E-state index >= 15 is 0 Å². The van der Waals surface area contributed by atoms with E-state index in [4.69, 9.17) is 4.74 Å². The van der Waals surface area contributed by atoms with Crippen LogP contribution in [-0.2, 0) is 4.74 Å². The van der Waals surface area contributed by atoms with Gasteiger partial charge in [-0.05, 0) is 11.5 Å². The molecule has 1 rings (SSSR count). The molecule has 0 amide bonds. The van der Waals surface area contributed by atoms with Crippen molar-refractivity contribution in [1.29, 1.82) is 0 Å². The Bertz CT molecular complexity index is 300. The van der Waals surface area contributed by atoms with Crippen molar-refractivity contribution in [3.05, 3.63) is 35.9 Å². The van der Waals surface area contributed by atoms with Crippen LogP contribution in [0.4, 0.5) is 0 Å². The minimum Gasteiger partial charge on any atom is -0.395 e. The number of hydrogen-bond donors (Lipinski definition) is 2. The highest BCUT2D eigenvalue weighted by Gasteiger charge is 2.18. The Balaban J connectivity index is 2.72. The Morgan fingerprint density at radius 2 is 1.88 bits per heavy atom. The summed E-state index contributed by atoms with van der Waals surface area (Å²) in [5.41, 5.74) is 1.19. The van der Waals surface area contributed by atoms with Crippen molar-refractivity contribution in [3.8, 4) is 0 Å². The fourth-order valence-electron chi connectivity index (χ4n) is 1.81. The van der Waals surface area contributed by atoms with Gasteiger partial charge in [0, 0.05) is 13.2 Å². The number of rotatable bonds is 7. The number of aliphatic hydroxyl groups is 1. The Morgan fingerprint density at radius 3 is 2.35 bits per heavy atom. The first kappa shape index (κ1) is 14.2. The zero-order valence-corrected chi connectivity index (χ0v) is 10.9. The third-order valence-corrected chi connectivity index (χ3v) is 2.95. The van der Waals surface area contributed by atoms with Crippen molar-refractivity contribution >= 4 is 0 Å². The minimum atomic E-state index is 0.0929. The Morgan fingerprint density at radius 1 is 1.24 bits per heavy atom. The van der Waals surface area contributed by atoms with Gasteiger partial charge >= 0.3 is 0 Å². The highest BCUT2D eigenvalue weighted by molar-refractivity contribution is 5.19. The second kappa shape index (κ2) is 7.43. The molecular weight excluding hydrogens is 214 g/mol. The number of benzene rings is 1. The van der Waals surface area contributed by atoms with Gasteiger partial charge < -0.3 is 15.2 Å². The molecule has 0 radical (unpaired) electrons. The summed E-state index contributed by atoms with van der Waals surface area (Å²) < 4.78 is 5.24. The maximum absolute atomic E-state index is 9.36. The van der Waals surface area contributed by atoms with Crippen LogP contribution in [-0.4, -0.2) is 31.5 Å². The summed E-state index contributed by atoms with van der Waals surface area (Å²) in [6, 6.07) is 10.4. The Hall–Kier alpha value is -0.900. The van der Waals surface area contributed by atoms with Crippen LogP contribution in [0.5, 0.6) is 0 Å². The second-order valence-electron chi connectivity index (χ2n) is 4.62. The van der Waals surface area contributed by atoms with Crippen LogP contribution < -0.4 is 5.32 Å². The third-order valence-electron chi connectivity index (χ3n) is 2.95. The maximum Gasteiger partial charge on any atom is 0.0657 e. The van der Waals surface area contributed by atoms with E-state index in [1.807, 2.05) is 18.2 Å². The van der Waals surface area contributed by atoms with Gasteiger partial charge in [-0.2, -0.15) is 0 Å². The van der Waals surface area contributed by atoms with E-state index < -0.39 is 0 Å². The summed E-state index contributed by atoms with van der Waals surface area (Å²) in [4.78, 5) is 0. The van der Waals surface area contributed by atoms with E-state index in [9.17, 15) is 5.11 Å². The van der Waals surface area contributed by atoms with E-state index in [1.165, 1.54) is 5.56 Å². The molecule has 2 unspecified atom stereocenters. The molecule has 17 heavy (non-hydrogen) atoms. The molecule has 2 N–H and O–H groups in total. The zero-order valence-electron chi connectivity index (χ0n) is 10.9. The fourth-order valence-corrected chi connectivity index (χ4v) is 1.81. The quantitative estimate of drug-likeness (QED) is 0.762. The Labute approximate surface area is 104 Å². The normalized spacial score (nSPS) is 14.9. The fraction of sp³-hybridized carbons (Fsp3) is 0.571. The molecule has 2 atom stereocenters. The van der Waals surface area contributed by atoms with Crippen LogP contribution in [0, 0.1) is 5.92 Å². The van der Waals surface area contributed by atoms with E-state index in [1.54, 1.807) is 7.11 Å². The summed E-state index contributed by atoms with van der Waals surface area (Å²) in [6.45, 7) is 4.95. The van der Waals surface area contributed by atoms with Crippen LogP contribution in [0.3, 0.4) is 0 Å². The van der Waals surface area contributed by atoms with Gasteiger partial charge in [0.15, 0.2) is 0 Å². The predicted molar refractivity (Wildman–Crippen MR) is 69.9 cm³/mol. The molecule has 0 bridgehead atoms. The second-order valence-corrected chi connectivity index (χ2v) is 4.62. The van der Waals surface area contributed by atoms with Gasteiger partial charge in [0.05, 0.1) is 19.3 Å². The molecule has 0 spiro atoms. The van der Waals surface area contributed by atoms with Gasteiger partial charge in [0.2, 0.25) is 0 Å². The summed E-state index contributed by atoms with van der Waals surface area (Å²) in [5.74, 6) is 0.392. The summed E-state index contributed by atoms with van der Waals surface area (Å²) in [6.07, 6.45) is 0. The molecular formula is C14H23NO2. The first-order valence-electron chi connectivity index (χ1n) is 6.09. The number of aliphatic hydroxyl groups excluding tert-OH is 1. The molecule has 0 heterocycles. The predicted octanol–water partition coefficient (Wildman–Crippen LogP) is 1.98. The lowest BCUT2D eigenvalue weighted by Gasteiger charge is -2.27. The van der Waals surface area contributed by atoms with Crippen LogP contribution in [0.25, 0.3) is 0 Å². The molecule has 0 aromatic heterocycles. The number of methoxy groups -OCH3 is 1. The van der Waals surface area contributed by atoms with Crippen molar-refractivity contribution in [2.45, 2.75) is 25.9 Å². The molecule has 0 saturated heterocycles. The molecule has 0 aliphatic heterocycles. The zero-order chi connectivity index (χ0) is 12.7. The summed E-state index contributed by atoms with van der Waals surface area (Å²) in [7, 11) is 1.70. The van der Waals surface area contributed by atoms with Crippen molar-refractivity contribution in [3.63, 3.8) is 0 Å². The lowest BCUT2D eigenvalue weighted by Crippen LogP contribution is -2.41. The molecule has 1 aromatic carbocycles. The van der Waals surface area contributed by atoms with Crippen molar-refractivity contribution in [2.24, 2.45) is 5.92 Å². The van der Waals surface area contributed by atoms with Gasteiger partial charge in [-0.15, -0.1) is 0 Å². The summed E-state index contributed by atoms with van der Waals surface area (Å²) >= 11 is 0. The lowest BCUT2D eigenvalue weighted by molar-refractivity contribution is 0.137. The highest BCUT2D eigenvalue weighted by atomic mass is 16.5. The van der Waals surface area contributed by atoms with E-state index in [0.717, 1.165) is 0 Å². The average molecular weight is 237 g/mol. The number of ether oxygens (including phenoxy) is 1. The third kappa shape index (κ3) is 4.46. The first-order chi connectivity index (χ1) is 8.19. The van der Waals surface area contributed by atoms with Gasteiger partial charge in [-0.3, -0.25) is 0 Å². The standard InChI is InChI=1S/C14H23NO2/c1-11(2)13(9-16)15-14(10-17-3)12-7-5-4-6-8-12/h4-8,11,13-16H,9-10H2,1-3H3. The van der Waals surface area contributed by atoms with E-state index in [-0.39, 0.29) is 18.7 Å². The molecule has 3 heteroatoms. The monoisotopic (exact) mass is 237 g/mol. The number of nitrogens with one attached hydrogen (secondary N) is 1. The average Bonchev–Trinajstić information content (AvgIpc) is 2.35. The van der Waals surface area contributed by atoms with Crippen molar-refractivity contribution < 1.29 is 9.84 Å². The maximum atomic E-state index is 9.36. The first-order valence-corrected chi connectivity index (χ1v) is 6.09. The SMILES string of the molecule is COCC(NC(CO)C(C)C)c1ccccc1. The lowest BCUT2D eigenvalue weighted by atomic mass is 10.0. The van der Waals surface area contributed by atoms with E-state index in [2.05, 4.69) is 31.3 Å².